The molecule has 0 spiro atoms. The third-order valence-corrected chi connectivity index (χ3v) is 3.00. The largest absolute Gasteiger partial charge is 0.444 e. The van der Waals surface area contributed by atoms with E-state index in [-0.39, 0.29) is 22.7 Å². The fourth-order valence-corrected chi connectivity index (χ4v) is 1.93. The van der Waals surface area contributed by atoms with E-state index in [0.29, 0.717) is 0 Å². The SMILES string of the molecule is O=C(Nc1cc(-c2cnco2)cc(C(F)(F)F)n1)c1cccnc1. The first-order chi connectivity index (χ1) is 11.4. The first-order valence-corrected chi connectivity index (χ1v) is 6.63. The van der Waals surface area contributed by atoms with Gasteiger partial charge in [-0.3, -0.25) is 9.78 Å². The number of aromatic nitrogens is 3. The minimum Gasteiger partial charge on any atom is -0.444 e. The van der Waals surface area contributed by atoms with Gasteiger partial charge in [0.25, 0.3) is 5.91 Å². The Hall–Kier alpha value is -3.23. The summed E-state index contributed by atoms with van der Waals surface area (Å²) in [5, 5.41) is 2.32. The van der Waals surface area contributed by atoms with Crippen LogP contribution in [0.3, 0.4) is 0 Å². The molecule has 0 saturated heterocycles. The summed E-state index contributed by atoms with van der Waals surface area (Å²) in [6, 6.07) is 5.10. The van der Waals surface area contributed by atoms with Crippen molar-refractivity contribution in [1.29, 1.82) is 0 Å². The first-order valence-electron chi connectivity index (χ1n) is 6.63. The van der Waals surface area contributed by atoms with Gasteiger partial charge in [-0.1, -0.05) is 0 Å². The van der Waals surface area contributed by atoms with Crippen molar-refractivity contribution >= 4 is 11.7 Å². The van der Waals surface area contributed by atoms with Crippen LogP contribution in [0.15, 0.2) is 53.7 Å². The van der Waals surface area contributed by atoms with E-state index in [9.17, 15) is 18.0 Å². The molecule has 0 aliphatic carbocycles. The average molecular weight is 334 g/mol. The standard InChI is InChI=1S/C15H9F3N4O2/c16-15(17,18)12-4-10(11-7-20-8-24-11)5-13(21-12)22-14(23)9-2-1-3-19-6-9/h1-8H,(H,21,22,23). The lowest BCUT2D eigenvalue weighted by molar-refractivity contribution is -0.141. The number of pyridine rings is 2. The second kappa shape index (κ2) is 6.11. The molecule has 0 saturated carbocycles. The maximum absolute atomic E-state index is 13.0. The quantitative estimate of drug-likeness (QED) is 0.794. The third kappa shape index (κ3) is 3.40. The van der Waals surface area contributed by atoms with Gasteiger partial charge in [-0.15, -0.1) is 0 Å². The molecule has 0 bridgehead atoms. The lowest BCUT2D eigenvalue weighted by Gasteiger charge is -2.11. The number of nitrogens with zero attached hydrogens (tertiary/aromatic N) is 3. The highest BCUT2D eigenvalue weighted by molar-refractivity contribution is 6.03. The Bertz CT molecular complexity index is 849. The van der Waals surface area contributed by atoms with Crippen LogP contribution >= 0.6 is 0 Å². The minimum absolute atomic E-state index is 0.0938. The molecule has 24 heavy (non-hydrogen) atoms. The molecule has 0 aliphatic heterocycles. The normalized spacial score (nSPS) is 11.3. The van der Waals surface area contributed by atoms with E-state index in [0.717, 1.165) is 12.5 Å². The van der Waals surface area contributed by atoms with E-state index >= 15 is 0 Å². The summed E-state index contributed by atoms with van der Waals surface area (Å²) in [5.41, 5.74) is -0.868. The van der Waals surface area contributed by atoms with Crippen LogP contribution in [0.2, 0.25) is 0 Å². The van der Waals surface area contributed by atoms with E-state index in [1.165, 1.54) is 36.8 Å². The molecule has 3 aromatic heterocycles. The highest BCUT2D eigenvalue weighted by Crippen LogP contribution is 2.32. The van der Waals surface area contributed by atoms with E-state index in [1.807, 2.05) is 0 Å². The number of hydrogen-bond donors (Lipinski definition) is 1. The Kier molecular flexibility index (Phi) is 3.98. The predicted octanol–water partition coefficient (Wildman–Crippen LogP) is 3.40. The molecule has 0 aliphatic rings. The van der Waals surface area contributed by atoms with Crippen molar-refractivity contribution in [2.24, 2.45) is 0 Å². The molecule has 0 unspecified atom stereocenters. The molecular formula is C15H9F3N4O2. The predicted molar refractivity (Wildman–Crippen MR) is 76.9 cm³/mol. The van der Waals surface area contributed by atoms with Crippen LogP contribution in [0.5, 0.6) is 0 Å². The number of hydrogen-bond acceptors (Lipinski definition) is 5. The second-order valence-corrected chi connectivity index (χ2v) is 4.69. The van der Waals surface area contributed by atoms with Gasteiger partial charge in [-0.25, -0.2) is 9.97 Å². The first kappa shape index (κ1) is 15.7. The molecule has 3 aromatic rings. The summed E-state index contributed by atoms with van der Waals surface area (Å²) in [7, 11) is 0. The molecule has 0 atom stereocenters. The lowest BCUT2D eigenvalue weighted by Crippen LogP contribution is -2.16. The molecule has 3 rings (SSSR count). The Morgan fingerprint density at radius 1 is 1.17 bits per heavy atom. The average Bonchev–Trinajstić information content (AvgIpc) is 3.09. The van der Waals surface area contributed by atoms with Gasteiger partial charge in [0, 0.05) is 18.0 Å². The van der Waals surface area contributed by atoms with E-state index in [1.54, 1.807) is 0 Å². The van der Waals surface area contributed by atoms with Gasteiger partial charge in [-0.2, -0.15) is 13.2 Å². The molecule has 122 valence electrons. The second-order valence-electron chi connectivity index (χ2n) is 4.69. The molecule has 0 fully saturated rings. The van der Waals surface area contributed by atoms with E-state index in [2.05, 4.69) is 20.3 Å². The Labute approximate surface area is 133 Å². The van der Waals surface area contributed by atoms with Crippen LogP contribution in [0.4, 0.5) is 19.0 Å². The van der Waals surface area contributed by atoms with Crippen LogP contribution in [0.25, 0.3) is 11.3 Å². The maximum Gasteiger partial charge on any atom is 0.433 e. The van der Waals surface area contributed by atoms with Crippen LogP contribution in [0.1, 0.15) is 16.1 Å². The molecule has 1 N–H and O–H groups in total. The van der Waals surface area contributed by atoms with Gasteiger partial charge in [0.1, 0.15) is 11.5 Å². The maximum atomic E-state index is 13.0. The molecule has 3 heterocycles. The highest BCUT2D eigenvalue weighted by atomic mass is 19.4. The molecule has 0 radical (unpaired) electrons. The smallest absolute Gasteiger partial charge is 0.433 e. The van der Waals surface area contributed by atoms with Gasteiger partial charge < -0.3 is 9.73 Å². The Morgan fingerprint density at radius 3 is 2.62 bits per heavy atom. The lowest BCUT2D eigenvalue weighted by atomic mass is 10.1. The van der Waals surface area contributed by atoms with Crippen LogP contribution in [0, 0.1) is 0 Å². The zero-order valence-electron chi connectivity index (χ0n) is 11.9. The van der Waals surface area contributed by atoms with Crippen LogP contribution in [-0.4, -0.2) is 20.9 Å². The number of oxazole rings is 1. The molecule has 9 heteroatoms. The van der Waals surface area contributed by atoms with E-state index in [4.69, 9.17) is 4.42 Å². The summed E-state index contributed by atoms with van der Waals surface area (Å²) in [6.45, 7) is 0. The Morgan fingerprint density at radius 2 is 2.00 bits per heavy atom. The van der Waals surface area contributed by atoms with Crippen molar-refractivity contribution in [2.45, 2.75) is 6.18 Å². The topological polar surface area (TPSA) is 80.9 Å². The number of alkyl halides is 3. The van der Waals surface area contributed by atoms with Gasteiger partial charge >= 0.3 is 6.18 Å². The number of rotatable bonds is 3. The van der Waals surface area contributed by atoms with Gasteiger partial charge in [0.05, 0.1) is 11.8 Å². The number of amides is 1. The van der Waals surface area contributed by atoms with Crippen LogP contribution < -0.4 is 5.32 Å². The summed E-state index contributed by atoms with van der Waals surface area (Å²) in [5.74, 6) is -0.761. The molecule has 1 amide bonds. The zero-order valence-corrected chi connectivity index (χ0v) is 11.9. The number of carbonyl (C=O) groups excluding carboxylic acids is 1. The summed E-state index contributed by atoms with van der Waals surface area (Å²) in [6.07, 6.45) is 0.449. The van der Waals surface area contributed by atoms with Gasteiger partial charge in [0.2, 0.25) is 0 Å². The molecular weight excluding hydrogens is 325 g/mol. The molecule has 6 nitrogen and oxygen atoms in total. The zero-order chi connectivity index (χ0) is 17.2. The van der Waals surface area contributed by atoms with Crippen molar-refractivity contribution in [3.05, 3.63) is 60.5 Å². The van der Waals surface area contributed by atoms with E-state index < -0.39 is 17.8 Å². The summed E-state index contributed by atoms with van der Waals surface area (Å²) < 4.78 is 44.1. The van der Waals surface area contributed by atoms with Gasteiger partial charge in [-0.05, 0) is 24.3 Å². The van der Waals surface area contributed by atoms with Crippen molar-refractivity contribution in [3.8, 4) is 11.3 Å². The van der Waals surface area contributed by atoms with Crippen molar-refractivity contribution < 1.29 is 22.4 Å². The van der Waals surface area contributed by atoms with Crippen molar-refractivity contribution in [2.75, 3.05) is 5.32 Å². The number of halogens is 3. The Balaban J connectivity index is 1.98. The highest BCUT2D eigenvalue weighted by Gasteiger charge is 2.33. The number of nitrogens with one attached hydrogen (secondary N) is 1. The third-order valence-electron chi connectivity index (χ3n) is 3.00. The van der Waals surface area contributed by atoms with Crippen molar-refractivity contribution in [3.63, 3.8) is 0 Å². The number of carbonyl (C=O) groups is 1. The number of anilines is 1. The minimum atomic E-state index is -4.68. The monoisotopic (exact) mass is 334 g/mol. The van der Waals surface area contributed by atoms with Crippen molar-refractivity contribution in [1.82, 2.24) is 15.0 Å². The fourth-order valence-electron chi connectivity index (χ4n) is 1.93. The summed E-state index contributed by atoms with van der Waals surface area (Å²) in [4.78, 5) is 22.9. The summed E-state index contributed by atoms with van der Waals surface area (Å²) >= 11 is 0. The molecule has 0 aromatic carbocycles. The van der Waals surface area contributed by atoms with Crippen LogP contribution in [-0.2, 0) is 6.18 Å². The van der Waals surface area contributed by atoms with Gasteiger partial charge in [0.15, 0.2) is 12.2 Å². The fraction of sp³-hybridized carbons (Fsp3) is 0.0667.